The third kappa shape index (κ3) is 4.05. The molecule has 3 N–H and O–H groups in total. The summed E-state index contributed by atoms with van der Waals surface area (Å²) in [6.45, 7) is 0. The summed E-state index contributed by atoms with van der Waals surface area (Å²) in [6, 6.07) is 8.37. The van der Waals surface area contributed by atoms with E-state index in [1.165, 1.54) is 0 Å². The van der Waals surface area contributed by atoms with Gasteiger partial charge in [0.25, 0.3) is 0 Å². The highest BCUT2D eigenvalue weighted by atomic mass is 16.4. The molecule has 0 heterocycles. The summed E-state index contributed by atoms with van der Waals surface area (Å²) in [5, 5.41) is 20.6. The Morgan fingerprint density at radius 3 is 2.22 bits per heavy atom. The van der Waals surface area contributed by atoms with Gasteiger partial charge in [0, 0.05) is 0 Å². The zero-order valence-corrected chi connectivity index (χ0v) is 9.16. The van der Waals surface area contributed by atoms with E-state index in [0.29, 0.717) is 5.69 Å². The van der Waals surface area contributed by atoms with Crippen LogP contribution >= 0.6 is 0 Å². The molecule has 0 amide bonds. The first-order chi connectivity index (χ1) is 8.50. The lowest BCUT2D eigenvalue weighted by molar-refractivity contribution is -0.139. The molecule has 0 spiro atoms. The van der Waals surface area contributed by atoms with Crippen LogP contribution in [-0.2, 0) is 14.4 Å². The smallest absolute Gasteiger partial charge is 0.360 e. The monoisotopic (exact) mass is 250 g/mol. The molecule has 0 aliphatic carbocycles. The van der Waals surface area contributed by atoms with Gasteiger partial charge in [-0.15, -0.1) is 0 Å². The number of hydrogen-bond acceptors (Lipinski definition) is 5. The van der Waals surface area contributed by atoms with Crippen LogP contribution in [0.25, 0.3) is 0 Å². The number of aliphatic carboxylic acids is 2. The van der Waals surface area contributed by atoms with Crippen LogP contribution in [0.5, 0.6) is 0 Å². The van der Waals surface area contributed by atoms with Gasteiger partial charge in [-0.1, -0.05) is 18.2 Å². The van der Waals surface area contributed by atoms with Gasteiger partial charge in [0.05, 0.1) is 5.69 Å². The van der Waals surface area contributed by atoms with E-state index in [2.05, 4.69) is 10.5 Å². The number of hydrogen-bond donors (Lipinski definition) is 3. The Morgan fingerprint density at radius 1 is 1.11 bits per heavy atom. The first kappa shape index (κ1) is 13.4. The average molecular weight is 250 g/mol. The first-order valence-corrected chi connectivity index (χ1v) is 4.87. The largest absolute Gasteiger partial charge is 0.481 e. The number of hydrazone groups is 1. The molecular formula is C11H10N2O5. The molecule has 7 heteroatoms. The SMILES string of the molecule is O=C(O)CC(=O)C(=NNc1ccccc1)C(=O)O. The number of para-hydroxylation sites is 1. The minimum absolute atomic E-state index is 0.486. The van der Waals surface area contributed by atoms with Crippen molar-refractivity contribution in [2.75, 3.05) is 5.43 Å². The maximum Gasteiger partial charge on any atom is 0.360 e. The summed E-state index contributed by atoms with van der Waals surface area (Å²) in [6.07, 6.45) is -0.915. The Labute approximate surface area is 102 Å². The molecule has 0 saturated carbocycles. The van der Waals surface area contributed by atoms with Gasteiger partial charge in [-0.3, -0.25) is 15.0 Å². The van der Waals surface area contributed by atoms with E-state index < -0.39 is 29.9 Å². The second-order valence-electron chi connectivity index (χ2n) is 3.24. The third-order valence-corrected chi connectivity index (χ3v) is 1.85. The van der Waals surface area contributed by atoms with Crippen LogP contribution in [0.1, 0.15) is 6.42 Å². The van der Waals surface area contributed by atoms with Crippen molar-refractivity contribution in [1.82, 2.24) is 0 Å². The predicted octanol–water partition coefficient (Wildman–Crippen LogP) is 0.583. The topological polar surface area (TPSA) is 116 Å². The van der Waals surface area contributed by atoms with Crippen molar-refractivity contribution in [1.29, 1.82) is 0 Å². The Hall–Kier alpha value is -2.70. The van der Waals surface area contributed by atoms with Crippen LogP contribution in [0.3, 0.4) is 0 Å². The van der Waals surface area contributed by atoms with Gasteiger partial charge in [0.1, 0.15) is 6.42 Å². The van der Waals surface area contributed by atoms with Crippen molar-refractivity contribution in [2.24, 2.45) is 5.10 Å². The summed E-state index contributed by atoms with van der Waals surface area (Å²) in [5.41, 5.74) is 2.01. The quantitative estimate of drug-likeness (QED) is 0.386. The van der Waals surface area contributed by atoms with Crippen molar-refractivity contribution in [3.8, 4) is 0 Å². The van der Waals surface area contributed by atoms with E-state index in [9.17, 15) is 14.4 Å². The fourth-order valence-electron chi connectivity index (χ4n) is 1.08. The van der Waals surface area contributed by atoms with Gasteiger partial charge in [-0.05, 0) is 12.1 Å². The lowest BCUT2D eigenvalue weighted by Gasteiger charge is -2.01. The molecule has 18 heavy (non-hydrogen) atoms. The Bertz CT molecular complexity index is 495. The zero-order chi connectivity index (χ0) is 13.5. The molecule has 1 aromatic rings. The van der Waals surface area contributed by atoms with E-state index in [-0.39, 0.29) is 0 Å². The number of rotatable bonds is 6. The molecule has 0 radical (unpaired) electrons. The van der Waals surface area contributed by atoms with E-state index in [4.69, 9.17) is 10.2 Å². The van der Waals surface area contributed by atoms with Gasteiger partial charge >= 0.3 is 11.9 Å². The molecule has 0 aliphatic heterocycles. The summed E-state index contributed by atoms with van der Waals surface area (Å²) < 4.78 is 0. The van der Waals surface area contributed by atoms with E-state index in [0.717, 1.165) is 0 Å². The van der Waals surface area contributed by atoms with Crippen LogP contribution in [0.4, 0.5) is 5.69 Å². The van der Waals surface area contributed by atoms with Gasteiger partial charge in [0.15, 0.2) is 0 Å². The van der Waals surface area contributed by atoms with Crippen LogP contribution in [0.15, 0.2) is 35.4 Å². The minimum atomic E-state index is -1.58. The van der Waals surface area contributed by atoms with E-state index >= 15 is 0 Å². The molecule has 94 valence electrons. The Morgan fingerprint density at radius 2 is 1.72 bits per heavy atom. The summed E-state index contributed by atoms with van der Waals surface area (Å²) >= 11 is 0. The van der Waals surface area contributed by atoms with Crippen LogP contribution in [-0.4, -0.2) is 33.6 Å². The van der Waals surface area contributed by atoms with Crippen LogP contribution < -0.4 is 5.43 Å². The fraction of sp³-hybridized carbons (Fsp3) is 0.0909. The average Bonchev–Trinajstić information content (AvgIpc) is 2.29. The van der Waals surface area contributed by atoms with Gasteiger partial charge in [-0.25, -0.2) is 4.79 Å². The second-order valence-corrected chi connectivity index (χ2v) is 3.24. The van der Waals surface area contributed by atoms with E-state index in [1.807, 2.05) is 0 Å². The van der Waals surface area contributed by atoms with E-state index in [1.54, 1.807) is 30.3 Å². The second kappa shape index (κ2) is 6.14. The van der Waals surface area contributed by atoms with Crippen molar-refractivity contribution in [2.45, 2.75) is 6.42 Å². The third-order valence-electron chi connectivity index (χ3n) is 1.85. The van der Waals surface area contributed by atoms with Crippen molar-refractivity contribution < 1.29 is 24.6 Å². The molecule has 0 aliphatic rings. The molecule has 0 bridgehead atoms. The zero-order valence-electron chi connectivity index (χ0n) is 9.16. The highest BCUT2D eigenvalue weighted by Gasteiger charge is 2.22. The minimum Gasteiger partial charge on any atom is -0.481 e. The van der Waals surface area contributed by atoms with Gasteiger partial charge in [0.2, 0.25) is 11.5 Å². The lowest BCUT2D eigenvalue weighted by atomic mass is 10.2. The molecule has 0 saturated heterocycles. The standard InChI is InChI=1S/C11H10N2O5/c14-8(6-9(15)16)10(11(17)18)13-12-7-4-2-1-3-5-7/h1-5,12H,6H2,(H,15,16)(H,17,18). The molecule has 0 atom stereocenters. The molecule has 1 rings (SSSR count). The highest BCUT2D eigenvalue weighted by molar-refractivity contribution is 6.65. The van der Waals surface area contributed by atoms with Crippen molar-refractivity contribution in [3.63, 3.8) is 0 Å². The molecule has 0 fully saturated rings. The summed E-state index contributed by atoms with van der Waals surface area (Å²) in [7, 11) is 0. The number of anilines is 1. The molecule has 0 unspecified atom stereocenters. The number of carbonyl (C=O) groups is 3. The maximum absolute atomic E-state index is 11.3. The molecular weight excluding hydrogens is 240 g/mol. The molecule has 7 nitrogen and oxygen atoms in total. The van der Waals surface area contributed by atoms with Crippen molar-refractivity contribution in [3.05, 3.63) is 30.3 Å². The maximum atomic E-state index is 11.3. The van der Waals surface area contributed by atoms with Gasteiger partial charge < -0.3 is 10.2 Å². The Balaban J connectivity index is 2.82. The number of benzene rings is 1. The first-order valence-electron chi connectivity index (χ1n) is 4.87. The lowest BCUT2D eigenvalue weighted by Crippen LogP contribution is -2.27. The Kier molecular flexibility index (Phi) is 4.56. The fourth-order valence-corrected chi connectivity index (χ4v) is 1.08. The summed E-state index contributed by atoms with van der Waals surface area (Å²) in [5.74, 6) is -4.06. The predicted molar refractivity (Wildman–Crippen MR) is 62.4 cm³/mol. The number of ketones is 1. The number of carboxylic acid groups (broad SMARTS) is 2. The molecule has 0 aromatic heterocycles. The number of carboxylic acids is 2. The highest BCUT2D eigenvalue weighted by Crippen LogP contribution is 2.04. The summed E-state index contributed by atoms with van der Waals surface area (Å²) in [4.78, 5) is 32.4. The van der Waals surface area contributed by atoms with Crippen LogP contribution in [0, 0.1) is 0 Å². The number of Topliss-reactive ketones (excluding diaryl/α,β-unsaturated/α-hetero) is 1. The van der Waals surface area contributed by atoms with Gasteiger partial charge in [-0.2, -0.15) is 5.10 Å². The molecule has 1 aromatic carbocycles. The number of nitrogens with zero attached hydrogens (tertiary/aromatic N) is 1. The number of nitrogens with one attached hydrogen (secondary N) is 1. The number of carbonyl (C=O) groups excluding carboxylic acids is 1. The van der Waals surface area contributed by atoms with Crippen molar-refractivity contribution >= 4 is 29.1 Å². The normalized spacial score (nSPS) is 10.8. The van der Waals surface area contributed by atoms with Crippen LogP contribution in [0.2, 0.25) is 0 Å².